The smallest absolute Gasteiger partial charge is 0.251 e. The number of nitrogens with zero attached hydrogens (tertiary/aromatic N) is 3. The van der Waals surface area contributed by atoms with Gasteiger partial charge in [0, 0.05) is 22.1 Å². The van der Waals surface area contributed by atoms with Crippen LogP contribution in [0.4, 0.5) is 8.78 Å². The predicted octanol–water partition coefficient (Wildman–Crippen LogP) is 4.32. The van der Waals surface area contributed by atoms with E-state index >= 15 is 0 Å². The molecule has 2 aromatic heterocycles. The van der Waals surface area contributed by atoms with Gasteiger partial charge in [-0.15, -0.1) is 0 Å². The van der Waals surface area contributed by atoms with Gasteiger partial charge < -0.3 is 0 Å². The van der Waals surface area contributed by atoms with E-state index in [-0.39, 0.29) is 18.6 Å². The maximum Gasteiger partial charge on any atom is 0.251 e. The summed E-state index contributed by atoms with van der Waals surface area (Å²) in [6.45, 7) is 1.72. The lowest BCUT2D eigenvalue weighted by Crippen LogP contribution is -2.45. The van der Waals surface area contributed by atoms with Crippen LogP contribution < -0.4 is 0 Å². The van der Waals surface area contributed by atoms with Crippen molar-refractivity contribution in [2.24, 2.45) is 0 Å². The number of benzene rings is 1. The van der Waals surface area contributed by atoms with E-state index in [0.717, 1.165) is 26.6 Å². The Hall–Kier alpha value is -1.86. The molecule has 0 bridgehead atoms. The first-order valence-electron chi connectivity index (χ1n) is 8.15. The molecule has 3 aromatic rings. The van der Waals surface area contributed by atoms with Gasteiger partial charge in [0.15, 0.2) is 0 Å². The van der Waals surface area contributed by atoms with E-state index in [2.05, 4.69) is 31.1 Å². The second-order valence-corrected chi connectivity index (χ2v) is 7.33. The first-order valence-corrected chi connectivity index (χ1v) is 8.94. The van der Waals surface area contributed by atoms with Crippen LogP contribution in [0.15, 0.2) is 41.1 Å². The minimum atomic E-state index is -2.39. The zero-order valence-corrected chi connectivity index (χ0v) is 15.2. The van der Waals surface area contributed by atoms with Crippen molar-refractivity contribution in [1.29, 1.82) is 0 Å². The number of hydrogen-bond donors (Lipinski definition) is 1. The zero-order chi connectivity index (χ0) is 17.6. The molecule has 25 heavy (non-hydrogen) atoms. The number of aromatic nitrogens is 3. The molecule has 2 atom stereocenters. The van der Waals surface area contributed by atoms with Crippen LogP contribution in [0.3, 0.4) is 0 Å². The summed E-state index contributed by atoms with van der Waals surface area (Å²) < 4.78 is 27.3. The Labute approximate surface area is 152 Å². The summed E-state index contributed by atoms with van der Waals surface area (Å²) in [7, 11) is 0. The van der Waals surface area contributed by atoms with Crippen molar-refractivity contribution < 1.29 is 8.78 Å². The number of pyridine rings is 1. The van der Waals surface area contributed by atoms with E-state index < -0.39 is 6.43 Å². The molecule has 1 aliphatic rings. The van der Waals surface area contributed by atoms with Crippen molar-refractivity contribution in [2.75, 3.05) is 6.54 Å². The van der Waals surface area contributed by atoms with Crippen LogP contribution in [0.2, 0.25) is 0 Å². The number of hydrogen-bond acceptors (Lipinski definition) is 3. The summed E-state index contributed by atoms with van der Waals surface area (Å²) in [4.78, 5) is 6.36. The first kappa shape index (κ1) is 16.6. The molecular formula is C18H17BrF2N4. The molecule has 0 saturated carbocycles. The highest BCUT2D eigenvalue weighted by molar-refractivity contribution is 9.10. The number of fused-ring (bicyclic) bond motifs is 3. The normalized spacial score (nSPS) is 21.0. The van der Waals surface area contributed by atoms with Crippen LogP contribution in [-0.4, -0.2) is 39.1 Å². The van der Waals surface area contributed by atoms with Gasteiger partial charge in [-0.1, -0.05) is 6.07 Å². The lowest BCUT2D eigenvalue weighted by Gasteiger charge is -2.41. The fourth-order valence-corrected chi connectivity index (χ4v) is 3.98. The van der Waals surface area contributed by atoms with Gasteiger partial charge in [-0.25, -0.2) is 8.78 Å². The third-order valence-corrected chi connectivity index (χ3v) is 5.31. The minimum Gasteiger partial charge on any atom is -0.282 e. The Morgan fingerprint density at radius 1 is 1.28 bits per heavy atom. The Balaban J connectivity index is 1.90. The fraction of sp³-hybridized carbons (Fsp3) is 0.333. The number of alkyl halides is 2. The molecule has 0 fully saturated rings. The molecule has 0 amide bonds. The Kier molecular flexibility index (Phi) is 4.29. The molecule has 130 valence electrons. The standard InChI is InChI=1S/C18H17BrF2N4/c1-10-6-13-12(3-5-15-14(13)8-23-24-15)18(25(10)9-17(20)21)16-4-2-11(19)7-22-16/h2-5,7-8,10,17-18H,6,9H2,1H3,(H,23,24)/t10-,18?/m1/s1. The molecule has 0 spiro atoms. The first-order chi connectivity index (χ1) is 12.0. The minimum absolute atomic E-state index is 0.0163. The van der Waals surface area contributed by atoms with E-state index in [0.29, 0.717) is 6.42 Å². The van der Waals surface area contributed by atoms with Gasteiger partial charge in [0.2, 0.25) is 0 Å². The third-order valence-electron chi connectivity index (χ3n) is 4.84. The monoisotopic (exact) mass is 406 g/mol. The maximum atomic E-state index is 13.2. The van der Waals surface area contributed by atoms with Gasteiger partial charge >= 0.3 is 0 Å². The molecule has 0 saturated heterocycles. The van der Waals surface area contributed by atoms with Gasteiger partial charge in [-0.2, -0.15) is 5.10 Å². The molecular weight excluding hydrogens is 390 g/mol. The average molecular weight is 407 g/mol. The van der Waals surface area contributed by atoms with Crippen molar-refractivity contribution in [3.63, 3.8) is 0 Å². The molecule has 7 heteroatoms. The van der Waals surface area contributed by atoms with Crippen LogP contribution in [0.25, 0.3) is 10.9 Å². The summed E-state index contributed by atoms with van der Waals surface area (Å²) in [5.41, 5.74) is 3.94. The number of aromatic amines is 1. The van der Waals surface area contributed by atoms with E-state index in [1.54, 1.807) is 6.20 Å². The largest absolute Gasteiger partial charge is 0.282 e. The number of H-pyrrole nitrogens is 1. The lowest BCUT2D eigenvalue weighted by molar-refractivity contribution is 0.0456. The average Bonchev–Trinajstić information content (AvgIpc) is 3.05. The summed E-state index contributed by atoms with van der Waals surface area (Å²) >= 11 is 3.39. The van der Waals surface area contributed by atoms with Crippen LogP contribution in [0.5, 0.6) is 0 Å². The summed E-state index contributed by atoms with van der Waals surface area (Å²) in [5, 5.41) is 8.17. The highest BCUT2D eigenvalue weighted by Crippen LogP contribution is 2.40. The summed E-state index contributed by atoms with van der Waals surface area (Å²) in [5.74, 6) is 0. The Morgan fingerprint density at radius 3 is 2.84 bits per heavy atom. The van der Waals surface area contributed by atoms with E-state index in [4.69, 9.17) is 0 Å². The SMILES string of the molecule is C[C@@H]1Cc2c(ccc3[nH]ncc23)C(c2ccc(Br)cn2)N1CC(F)F. The highest BCUT2D eigenvalue weighted by atomic mass is 79.9. The van der Waals surface area contributed by atoms with Gasteiger partial charge in [0.05, 0.1) is 30.0 Å². The fourth-order valence-electron chi connectivity index (χ4n) is 3.75. The molecule has 0 radical (unpaired) electrons. The Bertz CT molecular complexity index is 894. The van der Waals surface area contributed by atoms with Crippen molar-refractivity contribution >= 4 is 26.8 Å². The van der Waals surface area contributed by atoms with Crippen LogP contribution >= 0.6 is 15.9 Å². The summed E-state index contributed by atoms with van der Waals surface area (Å²) in [6, 6.07) is 7.46. The van der Waals surface area contributed by atoms with Gasteiger partial charge in [0.1, 0.15) is 0 Å². The van der Waals surface area contributed by atoms with Gasteiger partial charge in [-0.3, -0.25) is 15.0 Å². The van der Waals surface area contributed by atoms with E-state index in [9.17, 15) is 8.78 Å². The van der Waals surface area contributed by atoms with Crippen molar-refractivity contribution in [2.45, 2.75) is 31.9 Å². The second-order valence-electron chi connectivity index (χ2n) is 6.41. The van der Waals surface area contributed by atoms with Gasteiger partial charge in [0.25, 0.3) is 6.43 Å². The van der Waals surface area contributed by atoms with E-state index in [1.807, 2.05) is 42.3 Å². The van der Waals surface area contributed by atoms with Gasteiger partial charge in [-0.05, 0) is 58.6 Å². The molecule has 4 rings (SSSR count). The van der Waals surface area contributed by atoms with Crippen LogP contribution in [0.1, 0.15) is 29.8 Å². The van der Waals surface area contributed by atoms with Crippen molar-refractivity contribution in [1.82, 2.24) is 20.1 Å². The van der Waals surface area contributed by atoms with Crippen molar-refractivity contribution in [3.05, 3.63) is 58.0 Å². The molecule has 1 N–H and O–H groups in total. The van der Waals surface area contributed by atoms with Crippen LogP contribution in [0, 0.1) is 0 Å². The highest BCUT2D eigenvalue weighted by Gasteiger charge is 2.36. The lowest BCUT2D eigenvalue weighted by atomic mass is 9.85. The molecule has 1 aliphatic heterocycles. The third kappa shape index (κ3) is 2.95. The Morgan fingerprint density at radius 2 is 2.12 bits per heavy atom. The molecule has 3 heterocycles. The number of nitrogens with one attached hydrogen (secondary N) is 1. The predicted molar refractivity (Wildman–Crippen MR) is 95.7 cm³/mol. The zero-order valence-electron chi connectivity index (χ0n) is 13.6. The second kappa shape index (κ2) is 6.46. The quantitative estimate of drug-likeness (QED) is 0.704. The molecule has 1 unspecified atom stereocenters. The number of rotatable bonds is 3. The van der Waals surface area contributed by atoms with E-state index in [1.165, 1.54) is 5.56 Å². The topological polar surface area (TPSA) is 44.8 Å². The van der Waals surface area contributed by atoms with Crippen LogP contribution in [-0.2, 0) is 6.42 Å². The maximum absolute atomic E-state index is 13.2. The number of halogens is 3. The summed E-state index contributed by atoms with van der Waals surface area (Å²) in [6.07, 6.45) is 1.85. The molecule has 4 nitrogen and oxygen atoms in total. The molecule has 0 aliphatic carbocycles. The molecule has 1 aromatic carbocycles. The van der Waals surface area contributed by atoms with Crippen molar-refractivity contribution in [3.8, 4) is 0 Å².